The first kappa shape index (κ1) is 1.59. The lowest BCUT2D eigenvalue weighted by Crippen LogP contribution is -2.22. The Kier molecular flexibility index (Phi) is 1.46. The summed E-state index contributed by atoms with van der Waals surface area (Å²) in [6.45, 7) is -25.3. The lowest BCUT2D eigenvalue weighted by atomic mass is 10.3. The highest BCUT2D eigenvalue weighted by atomic mass is 14.9. The van der Waals surface area contributed by atoms with Crippen molar-refractivity contribution in [3.63, 3.8) is 0 Å². The molecular weight excluding hydrogens is 176 g/mol. The van der Waals surface area contributed by atoms with Gasteiger partial charge in [0, 0.05) is 27.4 Å². The van der Waals surface area contributed by atoms with Crippen molar-refractivity contribution in [2.75, 3.05) is 39.0 Å². The quantitative estimate of drug-likeness (QED) is 0.347. The van der Waals surface area contributed by atoms with Crippen LogP contribution in [0.2, 0.25) is 7.06 Å². The second kappa shape index (κ2) is 12.8. The molecule has 0 radical (unpaired) electrons. The van der Waals surface area contributed by atoms with E-state index >= 15 is 0 Å². The number of hydrogen-bond acceptors (Lipinski definition) is 4. The normalized spacial score (nSPS) is 48.1. The molecule has 4 heteroatoms. The molecule has 0 heterocycles. The second-order valence-corrected chi connectivity index (χ2v) is 1.41. The Hall–Kier alpha value is -0.160. The van der Waals surface area contributed by atoms with Crippen molar-refractivity contribution < 1.29 is 34.5 Å². The molecule has 14 heavy (non-hydrogen) atoms. The topological polar surface area (TPSA) is 76.1 Å². The van der Waals surface area contributed by atoms with Gasteiger partial charge in [-0.05, 0) is 64.5 Å². The van der Waals surface area contributed by atoms with Gasteiger partial charge in [0.1, 0.15) is 7.06 Å². The predicted octanol–water partition coefficient (Wildman–Crippen LogP) is -0.357. The summed E-state index contributed by atoms with van der Waals surface area (Å²) in [4.78, 5) is 0. The van der Waals surface area contributed by atoms with Crippen LogP contribution in [0.3, 0.4) is 0 Å². The van der Waals surface area contributed by atoms with Crippen LogP contribution in [-0.2, 0) is 0 Å². The van der Waals surface area contributed by atoms with E-state index in [1.807, 2.05) is 0 Å². The lowest BCUT2D eigenvalue weighted by molar-refractivity contribution is 0.570. The summed E-state index contributed by atoms with van der Waals surface area (Å²) in [6.07, 6.45) is -17.5. The maximum atomic E-state index is 7.96. The number of hydrogen-bond donors (Lipinski definition) is 4. The maximum Gasteiger partial charge on any atom is 0.122 e. The van der Waals surface area contributed by atoms with Crippen LogP contribution < -0.4 is 22.1 Å². The highest BCUT2D eigenvalue weighted by molar-refractivity contribution is 4.52. The molecule has 86 valence electrons. The van der Waals surface area contributed by atoms with E-state index in [2.05, 4.69) is 0 Å². The van der Waals surface area contributed by atoms with E-state index in [9.17, 15) is 0 Å². The Morgan fingerprint density at radius 3 is 2.07 bits per heavy atom. The van der Waals surface area contributed by atoms with E-state index in [-0.39, 0.29) is 0 Å². The molecule has 0 aliphatic rings. The number of nitrogens with two attached hydrogens (primary N) is 2. The Balaban J connectivity index is 6.94. The standard InChI is InChI=1S/C10H26N4/c11-5-3-9-13-7-1-2-8-14-10-4-6-12/h13-14H,1-12H2/i1D2,2D2,3D2,4D2,5D2,6D2,7D2,8D2,9D2,10D2/hD5. The van der Waals surface area contributed by atoms with Gasteiger partial charge in [-0.2, -0.15) is 0 Å². The van der Waals surface area contributed by atoms with Gasteiger partial charge >= 0.3 is 0 Å². The van der Waals surface area contributed by atoms with Gasteiger partial charge in [0.2, 0.25) is 0 Å². The molecule has 0 aliphatic heterocycles. The molecular formula is C10H26N4. The molecule has 0 bridgehead atoms. The first-order chi connectivity index (χ1) is 16.6. The van der Waals surface area contributed by atoms with Crippen molar-refractivity contribution in [1.29, 1.82) is 0 Å². The fraction of sp³-hybridized carbons (Fsp3) is 1.00. The van der Waals surface area contributed by atoms with E-state index in [0.29, 0.717) is 0 Å². The molecule has 0 saturated carbocycles. The average molecular weight is 227 g/mol. The van der Waals surface area contributed by atoms with Crippen molar-refractivity contribution in [1.82, 2.24) is 10.6 Å². The van der Waals surface area contributed by atoms with Gasteiger partial charge in [0.05, 0.1) is 0 Å². The number of rotatable bonds is 13. The molecule has 0 atom stereocenters. The molecule has 0 rings (SSSR count). The summed E-state index contributed by atoms with van der Waals surface area (Å²) in [5.41, 5.74) is 0.0185. The summed E-state index contributed by atoms with van der Waals surface area (Å²) >= 11 is 0. The third-order valence-corrected chi connectivity index (χ3v) is 0.628. The van der Waals surface area contributed by atoms with Crippen molar-refractivity contribution >= 4 is 0 Å². The molecule has 0 saturated heterocycles. The third kappa shape index (κ3) is 11.8. The summed E-state index contributed by atoms with van der Waals surface area (Å²) in [5.74, 6) is 0. The van der Waals surface area contributed by atoms with Crippen LogP contribution in [0.15, 0.2) is 0 Å². The van der Waals surface area contributed by atoms with Crippen molar-refractivity contribution in [2.24, 2.45) is 11.4 Å². The molecule has 0 unspecified atom stereocenters. The fourth-order valence-corrected chi connectivity index (χ4v) is 0.277. The van der Waals surface area contributed by atoms with Crippen LogP contribution in [0, 0.1) is 0 Å². The van der Waals surface area contributed by atoms with Crippen LogP contribution in [0.1, 0.15) is 52.9 Å². The van der Waals surface area contributed by atoms with Gasteiger partial charge < -0.3 is 22.1 Å². The van der Waals surface area contributed by atoms with Gasteiger partial charge in [0.25, 0.3) is 0 Å². The fourth-order valence-electron chi connectivity index (χ4n) is 0.277. The molecule has 4 nitrogen and oxygen atoms in total. The monoisotopic (exact) mass is 227 g/mol. The highest BCUT2D eigenvalue weighted by Crippen LogP contribution is 1.84. The summed E-state index contributed by atoms with van der Waals surface area (Å²) in [5, 5.41) is -2.48. The molecule has 0 amide bonds. The average Bonchev–Trinajstić information content (AvgIpc) is 2.76. The molecule has 0 aliphatic carbocycles. The van der Waals surface area contributed by atoms with E-state index in [1.54, 1.807) is 0 Å². The molecule has 0 aromatic heterocycles. The Morgan fingerprint density at radius 1 is 0.929 bits per heavy atom. The van der Waals surface area contributed by atoms with E-state index in [1.165, 1.54) is 0 Å². The van der Waals surface area contributed by atoms with Crippen LogP contribution in [0.5, 0.6) is 0 Å². The van der Waals surface area contributed by atoms with E-state index in [4.69, 9.17) is 34.5 Å². The minimum Gasteiger partial charge on any atom is -0.330 e. The van der Waals surface area contributed by atoms with Gasteiger partial charge in [-0.25, -0.2) is 0 Å². The van der Waals surface area contributed by atoms with E-state index < -0.39 is 80.8 Å². The molecule has 0 aromatic rings. The Morgan fingerprint density at radius 2 is 1.50 bits per heavy atom. The second-order valence-electron chi connectivity index (χ2n) is 1.41. The van der Waals surface area contributed by atoms with Gasteiger partial charge in [-0.15, -0.1) is 0 Å². The lowest BCUT2D eigenvalue weighted by Gasteiger charge is -2.04. The van der Waals surface area contributed by atoms with Crippen LogP contribution in [0.25, 0.3) is 0 Å². The zero-order chi connectivity index (χ0) is 32.4. The van der Waals surface area contributed by atoms with Crippen LogP contribution in [0.4, 0.5) is 0 Å². The minimum absolute atomic E-state index is 0.973. The zero-order valence-electron chi connectivity index (χ0n) is 31.8. The van der Waals surface area contributed by atoms with Gasteiger partial charge in [-0.3, -0.25) is 0 Å². The molecule has 0 aromatic carbocycles. The van der Waals surface area contributed by atoms with E-state index in [0.717, 1.165) is 5.73 Å². The molecule has 0 fully saturated rings. The summed E-state index contributed by atoms with van der Waals surface area (Å²) in [7, 11) is 0. The van der Waals surface area contributed by atoms with Crippen LogP contribution >= 0.6 is 0 Å². The summed E-state index contributed by atoms with van der Waals surface area (Å²) < 4.78 is 191. The Bertz CT molecular complexity index is 865. The zero-order valence-corrected chi connectivity index (χ0v) is 6.84. The van der Waals surface area contributed by atoms with Crippen molar-refractivity contribution in [3.05, 3.63) is 0 Å². The highest BCUT2D eigenvalue weighted by Gasteiger charge is 1.89. The maximum absolute atomic E-state index is 7.96. The van der Waals surface area contributed by atoms with Crippen molar-refractivity contribution in [2.45, 2.75) is 25.5 Å². The van der Waals surface area contributed by atoms with Crippen LogP contribution in [-0.4, -0.2) is 39.0 Å². The van der Waals surface area contributed by atoms with Gasteiger partial charge in [-0.1, -0.05) is 0 Å². The summed E-state index contributed by atoms with van der Waals surface area (Å²) in [6, 6.07) is 0. The first-order valence-corrected chi connectivity index (χ1v) is 3.12. The smallest absolute Gasteiger partial charge is 0.122 e. The SMILES string of the molecule is [2H]NC([2H])([2H])C([2H])([2H])C([2H])([2H])N([2H])C([2H])([2H])C([2H])([2H])C([2H])([2H])C([2H])([2H])N([2H])C([2H])([2H])C([2H])([2H])C([2H])([2H])N([2H])[2H]. The third-order valence-electron chi connectivity index (χ3n) is 0.628. The molecule has 0 spiro atoms. The Labute approximate surface area is 123 Å². The first-order valence-electron chi connectivity index (χ1n) is 15.4. The number of nitrogens with one attached hydrogen (secondary N) is 2. The van der Waals surface area contributed by atoms with Crippen molar-refractivity contribution in [3.8, 4) is 0 Å². The van der Waals surface area contributed by atoms with Gasteiger partial charge in [0.15, 0.2) is 0 Å². The minimum atomic E-state index is -4.61. The predicted molar refractivity (Wildman–Crippen MR) is 62.3 cm³/mol. The molecule has 6 N–H and O–H groups in total. The largest absolute Gasteiger partial charge is 0.330 e.